The molecule has 0 aliphatic carbocycles. The lowest BCUT2D eigenvalue weighted by molar-refractivity contribution is 0.340. The number of ether oxygens (including phenoxy) is 2. The first-order valence-corrected chi connectivity index (χ1v) is 7.44. The number of nitrogen functional groups attached to an aromatic ring is 1. The molecule has 0 fully saturated rings. The van der Waals surface area contributed by atoms with E-state index in [0.29, 0.717) is 24.0 Å². The molecule has 2 rings (SSSR count). The van der Waals surface area contributed by atoms with Crippen molar-refractivity contribution in [3.63, 3.8) is 0 Å². The standard InChI is InChI=1S/C18H23NO2/c1-4-13(3)14-6-8-15(9-7-14)21-16-10-11-17(19)18(12-16)20-5-2/h6-13H,4-5,19H2,1-3H3. The van der Waals surface area contributed by atoms with Gasteiger partial charge in [0.1, 0.15) is 17.2 Å². The smallest absolute Gasteiger partial charge is 0.145 e. The zero-order valence-corrected chi connectivity index (χ0v) is 12.9. The molecule has 2 aromatic carbocycles. The Hall–Kier alpha value is -2.16. The molecular weight excluding hydrogens is 262 g/mol. The summed E-state index contributed by atoms with van der Waals surface area (Å²) < 4.78 is 11.3. The van der Waals surface area contributed by atoms with Gasteiger partial charge in [0.15, 0.2) is 0 Å². The molecule has 0 saturated heterocycles. The van der Waals surface area contributed by atoms with E-state index in [1.807, 2.05) is 31.2 Å². The average Bonchev–Trinajstić information content (AvgIpc) is 2.51. The van der Waals surface area contributed by atoms with Crippen molar-refractivity contribution in [2.75, 3.05) is 12.3 Å². The minimum atomic E-state index is 0.570. The van der Waals surface area contributed by atoms with Crippen LogP contribution in [0.25, 0.3) is 0 Å². The molecule has 0 saturated carbocycles. The Bertz CT molecular complexity index is 578. The van der Waals surface area contributed by atoms with Crippen LogP contribution in [0.5, 0.6) is 17.2 Å². The largest absolute Gasteiger partial charge is 0.492 e. The van der Waals surface area contributed by atoms with Crippen molar-refractivity contribution in [3.8, 4) is 17.2 Å². The fourth-order valence-corrected chi connectivity index (χ4v) is 2.09. The van der Waals surface area contributed by atoms with Crippen LogP contribution in [0.15, 0.2) is 42.5 Å². The van der Waals surface area contributed by atoms with Crippen LogP contribution < -0.4 is 15.2 Å². The maximum atomic E-state index is 5.86. The van der Waals surface area contributed by atoms with Crippen LogP contribution in [0.1, 0.15) is 38.7 Å². The van der Waals surface area contributed by atoms with Crippen LogP contribution in [-0.4, -0.2) is 6.61 Å². The van der Waals surface area contributed by atoms with Gasteiger partial charge in [0.05, 0.1) is 12.3 Å². The first-order chi connectivity index (χ1) is 10.1. The van der Waals surface area contributed by atoms with Crippen LogP contribution >= 0.6 is 0 Å². The van der Waals surface area contributed by atoms with Gasteiger partial charge in [-0.05, 0) is 49.1 Å². The first kappa shape index (κ1) is 15.2. The molecule has 2 aromatic rings. The van der Waals surface area contributed by atoms with E-state index in [-0.39, 0.29) is 0 Å². The Kier molecular flexibility index (Phi) is 5.09. The van der Waals surface area contributed by atoms with Crippen LogP contribution in [0, 0.1) is 0 Å². The summed E-state index contributed by atoms with van der Waals surface area (Å²) in [5, 5.41) is 0. The van der Waals surface area contributed by atoms with Crippen molar-refractivity contribution in [1.29, 1.82) is 0 Å². The second-order valence-electron chi connectivity index (χ2n) is 5.11. The fraction of sp³-hybridized carbons (Fsp3) is 0.333. The van der Waals surface area contributed by atoms with Gasteiger partial charge < -0.3 is 15.2 Å². The quantitative estimate of drug-likeness (QED) is 0.762. The van der Waals surface area contributed by atoms with Crippen LogP contribution in [0.4, 0.5) is 5.69 Å². The van der Waals surface area contributed by atoms with Gasteiger partial charge in [-0.1, -0.05) is 26.0 Å². The van der Waals surface area contributed by atoms with Crippen molar-refractivity contribution in [3.05, 3.63) is 48.0 Å². The monoisotopic (exact) mass is 285 g/mol. The molecule has 1 unspecified atom stereocenters. The van der Waals surface area contributed by atoms with Crippen molar-refractivity contribution >= 4 is 5.69 Å². The highest BCUT2D eigenvalue weighted by Gasteiger charge is 2.06. The highest BCUT2D eigenvalue weighted by atomic mass is 16.5. The molecule has 1 atom stereocenters. The minimum absolute atomic E-state index is 0.570. The van der Waals surface area contributed by atoms with Crippen molar-refractivity contribution < 1.29 is 9.47 Å². The van der Waals surface area contributed by atoms with Gasteiger partial charge in [-0.2, -0.15) is 0 Å². The molecule has 112 valence electrons. The summed E-state index contributed by atoms with van der Waals surface area (Å²) in [6, 6.07) is 13.7. The third-order valence-corrected chi connectivity index (χ3v) is 3.58. The number of anilines is 1. The second-order valence-corrected chi connectivity index (χ2v) is 5.11. The van der Waals surface area contributed by atoms with E-state index in [4.69, 9.17) is 15.2 Å². The number of hydrogen-bond acceptors (Lipinski definition) is 3. The number of hydrogen-bond donors (Lipinski definition) is 1. The summed E-state index contributed by atoms with van der Waals surface area (Å²) in [5.74, 6) is 2.77. The normalized spacial score (nSPS) is 12.0. The Morgan fingerprint density at radius 2 is 1.67 bits per heavy atom. The van der Waals surface area contributed by atoms with Gasteiger partial charge in [-0.15, -0.1) is 0 Å². The van der Waals surface area contributed by atoms with Gasteiger partial charge >= 0.3 is 0 Å². The molecular formula is C18H23NO2. The van der Waals surface area contributed by atoms with Gasteiger partial charge in [0, 0.05) is 6.07 Å². The molecule has 0 heterocycles. The third kappa shape index (κ3) is 3.91. The van der Waals surface area contributed by atoms with Crippen LogP contribution in [-0.2, 0) is 0 Å². The molecule has 21 heavy (non-hydrogen) atoms. The van der Waals surface area contributed by atoms with Gasteiger partial charge in [-0.25, -0.2) is 0 Å². The molecule has 0 aliphatic heterocycles. The Morgan fingerprint density at radius 3 is 2.29 bits per heavy atom. The number of rotatable bonds is 6. The molecule has 3 heteroatoms. The van der Waals surface area contributed by atoms with Crippen molar-refractivity contribution in [2.24, 2.45) is 0 Å². The predicted molar refractivity (Wildman–Crippen MR) is 87.2 cm³/mol. The lowest BCUT2D eigenvalue weighted by Crippen LogP contribution is -1.97. The van der Waals surface area contributed by atoms with E-state index in [0.717, 1.165) is 17.9 Å². The van der Waals surface area contributed by atoms with E-state index >= 15 is 0 Å². The maximum absolute atomic E-state index is 5.86. The molecule has 0 radical (unpaired) electrons. The minimum Gasteiger partial charge on any atom is -0.492 e. The molecule has 0 bridgehead atoms. The zero-order valence-electron chi connectivity index (χ0n) is 12.9. The van der Waals surface area contributed by atoms with Crippen LogP contribution in [0.3, 0.4) is 0 Å². The van der Waals surface area contributed by atoms with Crippen molar-refractivity contribution in [1.82, 2.24) is 0 Å². The lowest BCUT2D eigenvalue weighted by Gasteiger charge is -2.12. The maximum Gasteiger partial charge on any atom is 0.145 e. The van der Waals surface area contributed by atoms with Crippen LogP contribution in [0.2, 0.25) is 0 Å². The predicted octanol–water partition coefficient (Wildman–Crippen LogP) is 4.97. The zero-order chi connectivity index (χ0) is 15.2. The summed E-state index contributed by atoms with van der Waals surface area (Å²) in [5.41, 5.74) is 7.81. The first-order valence-electron chi connectivity index (χ1n) is 7.44. The summed E-state index contributed by atoms with van der Waals surface area (Å²) >= 11 is 0. The summed E-state index contributed by atoms with van der Waals surface area (Å²) in [6.07, 6.45) is 1.13. The fourth-order valence-electron chi connectivity index (χ4n) is 2.09. The van der Waals surface area contributed by atoms with E-state index < -0.39 is 0 Å². The third-order valence-electron chi connectivity index (χ3n) is 3.58. The molecule has 0 aliphatic rings. The Balaban J connectivity index is 2.12. The molecule has 0 aromatic heterocycles. The van der Waals surface area contributed by atoms with E-state index in [9.17, 15) is 0 Å². The van der Waals surface area contributed by atoms with Gasteiger partial charge in [0.25, 0.3) is 0 Å². The number of nitrogens with two attached hydrogens (primary N) is 1. The SMILES string of the molecule is CCOc1cc(Oc2ccc(C(C)CC)cc2)ccc1N. The molecule has 0 spiro atoms. The second kappa shape index (κ2) is 7.02. The topological polar surface area (TPSA) is 44.5 Å². The molecule has 0 amide bonds. The van der Waals surface area contributed by atoms with E-state index in [1.165, 1.54) is 5.56 Å². The highest BCUT2D eigenvalue weighted by Crippen LogP contribution is 2.30. The van der Waals surface area contributed by atoms with E-state index in [1.54, 1.807) is 6.07 Å². The van der Waals surface area contributed by atoms with E-state index in [2.05, 4.69) is 26.0 Å². The molecule has 3 nitrogen and oxygen atoms in total. The Morgan fingerprint density at radius 1 is 1.00 bits per heavy atom. The summed E-state index contributed by atoms with van der Waals surface area (Å²) in [4.78, 5) is 0. The summed E-state index contributed by atoms with van der Waals surface area (Å²) in [7, 11) is 0. The average molecular weight is 285 g/mol. The van der Waals surface area contributed by atoms with Crippen molar-refractivity contribution in [2.45, 2.75) is 33.1 Å². The lowest BCUT2D eigenvalue weighted by atomic mass is 9.99. The van der Waals surface area contributed by atoms with Gasteiger partial charge in [-0.3, -0.25) is 0 Å². The highest BCUT2D eigenvalue weighted by molar-refractivity contribution is 5.56. The summed E-state index contributed by atoms with van der Waals surface area (Å²) in [6.45, 7) is 6.93. The number of benzene rings is 2. The Labute approximate surface area is 126 Å². The molecule has 2 N–H and O–H groups in total. The van der Waals surface area contributed by atoms with Gasteiger partial charge in [0.2, 0.25) is 0 Å².